The zero-order chi connectivity index (χ0) is 14.4. The van der Waals surface area contributed by atoms with E-state index in [-0.39, 0.29) is 0 Å². The highest BCUT2D eigenvalue weighted by Gasteiger charge is 2.20. The lowest BCUT2D eigenvalue weighted by molar-refractivity contribution is 0.394. The number of hydrogen-bond donors (Lipinski definition) is 1. The molecule has 0 aromatic heterocycles. The largest absolute Gasteiger partial charge is 0.313 e. The van der Waals surface area contributed by atoms with Crippen LogP contribution in [0.15, 0.2) is 23.1 Å². The van der Waals surface area contributed by atoms with Gasteiger partial charge in [0.15, 0.2) is 0 Å². The Morgan fingerprint density at radius 1 is 1.35 bits per heavy atom. The Labute approximate surface area is 132 Å². The fraction of sp³-hybridized carbons (Fsp3) is 0.647. The summed E-state index contributed by atoms with van der Waals surface area (Å²) in [4.78, 5) is 1.25. The van der Waals surface area contributed by atoms with Gasteiger partial charge in [0.25, 0.3) is 0 Å². The Hall–Kier alpha value is -0.180. The van der Waals surface area contributed by atoms with E-state index in [2.05, 4.69) is 37.4 Å². The van der Waals surface area contributed by atoms with Gasteiger partial charge in [0.05, 0.1) is 5.02 Å². The summed E-state index contributed by atoms with van der Waals surface area (Å²) in [7, 11) is 0. The summed E-state index contributed by atoms with van der Waals surface area (Å²) in [6.07, 6.45) is 6.61. The van der Waals surface area contributed by atoms with Crippen molar-refractivity contribution in [2.24, 2.45) is 5.92 Å². The van der Waals surface area contributed by atoms with Gasteiger partial charge in [-0.1, -0.05) is 44.4 Å². The fourth-order valence-corrected chi connectivity index (χ4v) is 4.55. The summed E-state index contributed by atoms with van der Waals surface area (Å²) in [5.41, 5.74) is 1.28. The second kappa shape index (κ2) is 8.31. The van der Waals surface area contributed by atoms with Gasteiger partial charge < -0.3 is 5.32 Å². The zero-order valence-electron chi connectivity index (χ0n) is 12.6. The van der Waals surface area contributed by atoms with Crippen molar-refractivity contribution in [2.45, 2.75) is 62.6 Å². The lowest BCUT2D eigenvalue weighted by Crippen LogP contribution is -2.15. The van der Waals surface area contributed by atoms with E-state index in [0.29, 0.717) is 0 Å². The minimum Gasteiger partial charge on any atom is -0.313 e. The summed E-state index contributed by atoms with van der Waals surface area (Å²) in [5, 5.41) is 5.09. The van der Waals surface area contributed by atoms with E-state index in [1.54, 1.807) is 0 Å². The van der Waals surface area contributed by atoms with Gasteiger partial charge in [0.1, 0.15) is 0 Å². The number of rotatable bonds is 6. The van der Waals surface area contributed by atoms with E-state index in [4.69, 9.17) is 11.6 Å². The third-order valence-electron chi connectivity index (χ3n) is 3.93. The van der Waals surface area contributed by atoms with Gasteiger partial charge in [-0.15, -0.1) is 11.8 Å². The molecule has 0 spiro atoms. The Morgan fingerprint density at radius 3 is 2.90 bits per heavy atom. The molecule has 0 radical (unpaired) electrons. The Bertz CT molecular complexity index is 421. The van der Waals surface area contributed by atoms with Gasteiger partial charge in [-0.05, 0) is 49.4 Å². The van der Waals surface area contributed by atoms with Crippen molar-refractivity contribution in [1.29, 1.82) is 0 Å². The van der Waals surface area contributed by atoms with Gasteiger partial charge in [0.2, 0.25) is 0 Å². The molecule has 0 heterocycles. The van der Waals surface area contributed by atoms with Gasteiger partial charge in [-0.25, -0.2) is 0 Å². The van der Waals surface area contributed by atoms with Crippen molar-refractivity contribution < 1.29 is 0 Å². The molecule has 3 heteroatoms. The van der Waals surface area contributed by atoms with Crippen molar-refractivity contribution in [3.05, 3.63) is 28.8 Å². The topological polar surface area (TPSA) is 12.0 Å². The Balaban J connectivity index is 1.91. The van der Waals surface area contributed by atoms with Crippen LogP contribution in [0.5, 0.6) is 0 Å². The average Bonchev–Trinajstić information content (AvgIpc) is 2.42. The molecule has 1 aromatic carbocycles. The quantitative estimate of drug-likeness (QED) is 0.695. The summed E-state index contributed by atoms with van der Waals surface area (Å²) in [5.74, 6) is 0.873. The molecular formula is C17H26ClNS. The molecule has 1 N–H and O–H groups in total. The van der Waals surface area contributed by atoms with Crippen LogP contribution in [0.4, 0.5) is 0 Å². The summed E-state index contributed by atoms with van der Waals surface area (Å²) >= 11 is 8.43. The average molecular weight is 312 g/mol. The molecule has 0 bridgehead atoms. The molecule has 1 aliphatic rings. The molecule has 2 unspecified atom stereocenters. The second-order valence-electron chi connectivity index (χ2n) is 5.95. The first kappa shape index (κ1) is 16.2. The van der Waals surface area contributed by atoms with Crippen LogP contribution in [0.1, 0.15) is 51.5 Å². The highest BCUT2D eigenvalue weighted by molar-refractivity contribution is 8.00. The predicted octanol–water partition coefficient (Wildman–Crippen LogP) is 5.51. The van der Waals surface area contributed by atoms with Gasteiger partial charge in [-0.2, -0.15) is 0 Å². The summed E-state index contributed by atoms with van der Waals surface area (Å²) < 4.78 is 0. The summed E-state index contributed by atoms with van der Waals surface area (Å²) in [6, 6.07) is 6.54. The lowest BCUT2D eigenvalue weighted by Gasteiger charge is -2.26. The Kier molecular flexibility index (Phi) is 6.73. The highest BCUT2D eigenvalue weighted by atomic mass is 35.5. The van der Waals surface area contributed by atoms with Crippen LogP contribution in [-0.2, 0) is 6.54 Å². The van der Waals surface area contributed by atoms with E-state index in [9.17, 15) is 0 Å². The van der Waals surface area contributed by atoms with Crippen molar-refractivity contribution in [3.63, 3.8) is 0 Å². The monoisotopic (exact) mass is 311 g/mol. The molecule has 112 valence electrons. The third kappa shape index (κ3) is 4.98. The normalized spacial score (nSPS) is 22.9. The van der Waals surface area contributed by atoms with Crippen LogP contribution in [0.25, 0.3) is 0 Å². The molecule has 1 aromatic rings. The van der Waals surface area contributed by atoms with E-state index >= 15 is 0 Å². The van der Waals surface area contributed by atoms with E-state index in [1.807, 2.05) is 11.8 Å². The molecule has 2 atom stereocenters. The van der Waals surface area contributed by atoms with Crippen molar-refractivity contribution in [2.75, 3.05) is 6.54 Å². The molecular weight excluding hydrogens is 286 g/mol. The summed E-state index contributed by atoms with van der Waals surface area (Å²) in [6.45, 7) is 6.54. The molecule has 1 saturated carbocycles. The highest BCUT2D eigenvalue weighted by Crippen LogP contribution is 2.39. The van der Waals surface area contributed by atoms with E-state index in [1.165, 1.54) is 42.6 Å². The molecule has 0 saturated heterocycles. The van der Waals surface area contributed by atoms with E-state index < -0.39 is 0 Å². The van der Waals surface area contributed by atoms with Crippen molar-refractivity contribution in [3.8, 4) is 0 Å². The second-order valence-corrected chi connectivity index (χ2v) is 7.70. The molecule has 0 amide bonds. The predicted molar refractivity (Wildman–Crippen MR) is 90.7 cm³/mol. The minimum absolute atomic E-state index is 0.750. The zero-order valence-corrected chi connectivity index (χ0v) is 14.2. The molecule has 20 heavy (non-hydrogen) atoms. The number of halogens is 1. The first-order chi connectivity index (χ1) is 9.69. The standard InChI is InChI=1S/C17H26ClNS/c1-3-9-19-12-14-7-8-17(16(18)11-14)20-15-6-4-5-13(2)10-15/h7-8,11,13,15,19H,3-6,9-10,12H2,1-2H3. The van der Waals surface area contributed by atoms with Gasteiger partial charge in [0, 0.05) is 16.7 Å². The third-order valence-corrected chi connectivity index (χ3v) is 5.73. The smallest absolute Gasteiger partial charge is 0.0545 e. The molecule has 1 nitrogen and oxygen atoms in total. The van der Waals surface area contributed by atoms with Crippen molar-refractivity contribution in [1.82, 2.24) is 5.32 Å². The lowest BCUT2D eigenvalue weighted by atomic mass is 9.91. The maximum absolute atomic E-state index is 6.45. The van der Waals surface area contributed by atoms with Crippen molar-refractivity contribution >= 4 is 23.4 Å². The SMILES string of the molecule is CCCNCc1ccc(SC2CCCC(C)C2)c(Cl)c1. The van der Waals surface area contributed by atoms with Crippen LogP contribution in [0.3, 0.4) is 0 Å². The first-order valence-electron chi connectivity index (χ1n) is 7.84. The van der Waals surface area contributed by atoms with Crippen LogP contribution < -0.4 is 5.32 Å². The number of hydrogen-bond acceptors (Lipinski definition) is 2. The molecule has 1 fully saturated rings. The van der Waals surface area contributed by atoms with E-state index in [0.717, 1.165) is 29.3 Å². The molecule has 1 aliphatic carbocycles. The minimum atomic E-state index is 0.750. The maximum atomic E-state index is 6.45. The van der Waals surface area contributed by atoms with Crippen LogP contribution >= 0.6 is 23.4 Å². The van der Waals surface area contributed by atoms with Gasteiger partial charge in [-0.3, -0.25) is 0 Å². The number of thioether (sulfide) groups is 1. The van der Waals surface area contributed by atoms with Crippen LogP contribution in [0, 0.1) is 5.92 Å². The molecule has 2 rings (SSSR count). The first-order valence-corrected chi connectivity index (χ1v) is 9.10. The van der Waals surface area contributed by atoms with Gasteiger partial charge >= 0.3 is 0 Å². The molecule has 0 aliphatic heterocycles. The Morgan fingerprint density at radius 2 is 2.20 bits per heavy atom. The number of benzene rings is 1. The maximum Gasteiger partial charge on any atom is 0.0545 e. The van der Waals surface area contributed by atoms with Crippen LogP contribution in [0.2, 0.25) is 5.02 Å². The van der Waals surface area contributed by atoms with Crippen LogP contribution in [-0.4, -0.2) is 11.8 Å². The fourth-order valence-electron chi connectivity index (χ4n) is 2.82. The number of nitrogens with one attached hydrogen (secondary N) is 1.